The SMILES string of the molecule is O=CC1C=C(c2cccnc2)Oc2ccccc21. The number of hydrogen-bond donors (Lipinski definition) is 0. The maximum Gasteiger partial charge on any atom is 0.133 e. The van der Waals surface area contributed by atoms with Crippen molar-refractivity contribution < 1.29 is 9.53 Å². The molecule has 0 radical (unpaired) electrons. The smallest absolute Gasteiger partial charge is 0.133 e. The number of benzene rings is 1. The number of aromatic nitrogens is 1. The van der Waals surface area contributed by atoms with Crippen molar-refractivity contribution in [2.45, 2.75) is 5.92 Å². The molecule has 2 aromatic rings. The highest BCUT2D eigenvalue weighted by Crippen LogP contribution is 2.35. The highest BCUT2D eigenvalue weighted by Gasteiger charge is 2.21. The second-order valence-corrected chi connectivity index (χ2v) is 4.07. The predicted molar refractivity (Wildman–Crippen MR) is 68.1 cm³/mol. The Kier molecular flexibility index (Phi) is 2.65. The van der Waals surface area contributed by atoms with E-state index in [1.165, 1.54) is 0 Å². The molecular weight excluding hydrogens is 226 g/mol. The number of para-hydroxylation sites is 1. The monoisotopic (exact) mass is 237 g/mol. The Bertz CT molecular complexity index is 605. The van der Waals surface area contributed by atoms with E-state index < -0.39 is 0 Å². The molecule has 0 saturated heterocycles. The lowest BCUT2D eigenvalue weighted by Gasteiger charge is -2.21. The van der Waals surface area contributed by atoms with Crippen LogP contribution in [0.2, 0.25) is 0 Å². The van der Waals surface area contributed by atoms with Crippen molar-refractivity contribution in [2.24, 2.45) is 0 Å². The van der Waals surface area contributed by atoms with Crippen molar-refractivity contribution in [3.8, 4) is 5.75 Å². The Balaban J connectivity index is 2.06. The number of rotatable bonds is 2. The van der Waals surface area contributed by atoms with Gasteiger partial charge in [-0.3, -0.25) is 4.98 Å². The summed E-state index contributed by atoms with van der Waals surface area (Å²) in [4.78, 5) is 15.2. The zero-order valence-corrected chi connectivity index (χ0v) is 9.61. The first-order valence-electron chi connectivity index (χ1n) is 5.73. The summed E-state index contributed by atoms with van der Waals surface area (Å²) in [6.07, 6.45) is 6.18. The maximum atomic E-state index is 11.2. The van der Waals surface area contributed by atoms with Gasteiger partial charge in [0.1, 0.15) is 17.8 Å². The van der Waals surface area contributed by atoms with Crippen LogP contribution in [-0.2, 0) is 4.79 Å². The summed E-state index contributed by atoms with van der Waals surface area (Å²) in [7, 11) is 0. The number of fused-ring (bicyclic) bond motifs is 1. The van der Waals surface area contributed by atoms with Gasteiger partial charge in [-0.05, 0) is 24.3 Å². The molecule has 1 unspecified atom stereocenters. The van der Waals surface area contributed by atoms with Gasteiger partial charge in [-0.15, -0.1) is 0 Å². The molecule has 88 valence electrons. The summed E-state index contributed by atoms with van der Waals surface area (Å²) in [5, 5.41) is 0. The van der Waals surface area contributed by atoms with Crippen molar-refractivity contribution in [3.05, 3.63) is 66.0 Å². The van der Waals surface area contributed by atoms with Crippen molar-refractivity contribution >= 4 is 12.0 Å². The molecule has 1 aromatic heterocycles. The quantitative estimate of drug-likeness (QED) is 0.754. The topological polar surface area (TPSA) is 39.2 Å². The Morgan fingerprint density at radius 1 is 1.17 bits per heavy atom. The van der Waals surface area contributed by atoms with E-state index in [2.05, 4.69) is 4.98 Å². The number of carbonyl (C=O) groups is 1. The lowest BCUT2D eigenvalue weighted by atomic mass is 9.95. The third-order valence-corrected chi connectivity index (χ3v) is 2.92. The highest BCUT2D eigenvalue weighted by molar-refractivity contribution is 5.76. The lowest BCUT2D eigenvalue weighted by Crippen LogP contribution is -2.09. The van der Waals surface area contributed by atoms with Crippen LogP contribution >= 0.6 is 0 Å². The molecule has 0 fully saturated rings. The Labute approximate surface area is 105 Å². The van der Waals surface area contributed by atoms with Crippen molar-refractivity contribution in [1.29, 1.82) is 0 Å². The number of allylic oxidation sites excluding steroid dienone is 1. The van der Waals surface area contributed by atoms with E-state index in [-0.39, 0.29) is 5.92 Å². The molecule has 3 nitrogen and oxygen atoms in total. The van der Waals surface area contributed by atoms with Gasteiger partial charge in [0, 0.05) is 23.5 Å². The van der Waals surface area contributed by atoms with E-state index in [4.69, 9.17) is 4.74 Å². The van der Waals surface area contributed by atoms with Crippen LogP contribution in [-0.4, -0.2) is 11.3 Å². The molecule has 2 heterocycles. The van der Waals surface area contributed by atoms with Crippen LogP contribution in [0.15, 0.2) is 54.9 Å². The first-order valence-corrected chi connectivity index (χ1v) is 5.73. The van der Waals surface area contributed by atoms with E-state index >= 15 is 0 Å². The normalized spacial score (nSPS) is 17.3. The summed E-state index contributed by atoms with van der Waals surface area (Å²) in [6, 6.07) is 11.3. The standard InChI is InChI=1S/C15H11NO2/c17-10-12-8-15(11-4-3-7-16-9-11)18-14-6-2-1-5-13(12)14/h1-10,12H. The third-order valence-electron chi connectivity index (χ3n) is 2.92. The lowest BCUT2D eigenvalue weighted by molar-refractivity contribution is -0.108. The van der Waals surface area contributed by atoms with Crippen LogP contribution in [0.4, 0.5) is 0 Å². The largest absolute Gasteiger partial charge is 0.457 e. The molecule has 3 heteroatoms. The number of hydrogen-bond acceptors (Lipinski definition) is 3. The summed E-state index contributed by atoms with van der Waals surface area (Å²) in [6.45, 7) is 0. The Hall–Kier alpha value is -2.42. The molecule has 0 N–H and O–H groups in total. The molecule has 0 saturated carbocycles. The van der Waals surface area contributed by atoms with Gasteiger partial charge in [-0.1, -0.05) is 18.2 Å². The van der Waals surface area contributed by atoms with E-state index in [1.54, 1.807) is 12.4 Å². The van der Waals surface area contributed by atoms with Crippen LogP contribution in [0.25, 0.3) is 5.76 Å². The average molecular weight is 237 g/mol. The molecule has 3 rings (SSSR count). The number of nitrogens with zero attached hydrogens (tertiary/aromatic N) is 1. The number of ether oxygens (including phenoxy) is 1. The predicted octanol–water partition coefficient (Wildman–Crippen LogP) is 2.80. The van der Waals surface area contributed by atoms with E-state index in [9.17, 15) is 4.79 Å². The summed E-state index contributed by atoms with van der Waals surface area (Å²) in [5.41, 5.74) is 1.78. The maximum absolute atomic E-state index is 11.2. The zero-order chi connectivity index (χ0) is 12.4. The Morgan fingerprint density at radius 3 is 2.83 bits per heavy atom. The van der Waals surface area contributed by atoms with Crippen molar-refractivity contribution in [1.82, 2.24) is 4.98 Å². The second-order valence-electron chi connectivity index (χ2n) is 4.07. The molecule has 0 amide bonds. The molecular formula is C15H11NO2. The molecule has 1 aliphatic rings. The van der Waals surface area contributed by atoms with Gasteiger partial charge in [0.2, 0.25) is 0 Å². The molecule has 0 spiro atoms. The minimum absolute atomic E-state index is 0.259. The summed E-state index contributed by atoms with van der Waals surface area (Å²) < 4.78 is 5.81. The van der Waals surface area contributed by atoms with Gasteiger partial charge in [0.05, 0.1) is 5.92 Å². The van der Waals surface area contributed by atoms with Gasteiger partial charge in [-0.25, -0.2) is 0 Å². The van der Waals surface area contributed by atoms with Gasteiger partial charge >= 0.3 is 0 Å². The number of carbonyl (C=O) groups excluding carboxylic acids is 1. The third kappa shape index (κ3) is 1.80. The van der Waals surface area contributed by atoms with E-state index in [1.807, 2.05) is 42.5 Å². The first kappa shape index (κ1) is 10.7. The fourth-order valence-electron chi connectivity index (χ4n) is 2.03. The fraction of sp³-hybridized carbons (Fsp3) is 0.0667. The minimum atomic E-state index is -0.259. The second kappa shape index (κ2) is 4.45. The molecule has 1 aromatic carbocycles. The number of aldehydes is 1. The minimum Gasteiger partial charge on any atom is -0.457 e. The van der Waals surface area contributed by atoms with Gasteiger partial charge in [-0.2, -0.15) is 0 Å². The molecule has 0 bridgehead atoms. The van der Waals surface area contributed by atoms with Gasteiger partial charge in [0.15, 0.2) is 0 Å². The van der Waals surface area contributed by atoms with Gasteiger partial charge in [0.25, 0.3) is 0 Å². The van der Waals surface area contributed by atoms with Crippen molar-refractivity contribution in [3.63, 3.8) is 0 Å². The van der Waals surface area contributed by atoms with Crippen LogP contribution in [0.1, 0.15) is 17.0 Å². The molecule has 1 aliphatic heterocycles. The fourth-order valence-corrected chi connectivity index (χ4v) is 2.03. The van der Waals surface area contributed by atoms with Crippen LogP contribution in [0.3, 0.4) is 0 Å². The molecule has 1 atom stereocenters. The molecule has 0 aliphatic carbocycles. The van der Waals surface area contributed by atoms with E-state index in [0.29, 0.717) is 5.76 Å². The highest BCUT2D eigenvalue weighted by atomic mass is 16.5. The average Bonchev–Trinajstić information content (AvgIpc) is 2.47. The van der Waals surface area contributed by atoms with Crippen LogP contribution in [0.5, 0.6) is 5.75 Å². The Morgan fingerprint density at radius 2 is 2.06 bits per heavy atom. The zero-order valence-electron chi connectivity index (χ0n) is 9.61. The first-order chi connectivity index (χ1) is 8.88. The van der Waals surface area contributed by atoms with E-state index in [0.717, 1.165) is 23.2 Å². The summed E-state index contributed by atoms with van der Waals surface area (Å²) >= 11 is 0. The van der Waals surface area contributed by atoms with Crippen molar-refractivity contribution in [2.75, 3.05) is 0 Å². The molecule has 18 heavy (non-hydrogen) atoms. The number of pyridine rings is 1. The van der Waals surface area contributed by atoms with Crippen LogP contribution < -0.4 is 4.74 Å². The summed E-state index contributed by atoms with van der Waals surface area (Å²) in [5.74, 6) is 1.15. The van der Waals surface area contributed by atoms with Crippen LogP contribution in [0, 0.1) is 0 Å². The van der Waals surface area contributed by atoms with Gasteiger partial charge < -0.3 is 9.53 Å².